The summed E-state index contributed by atoms with van der Waals surface area (Å²) in [7, 11) is 0. The van der Waals surface area contributed by atoms with Gasteiger partial charge >= 0.3 is 0 Å². The fourth-order valence-corrected chi connectivity index (χ4v) is 1.10. The SMILES string of the molecule is C=C/C(C)=C(\C=C/C)C(C)=C(C)C. The van der Waals surface area contributed by atoms with Gasteiger partial charge in [0.1, 0.15) is 0 Å². The summed E-state index contributed by atoms with van der Waals surface area (Å²) in [5.74, 6) is 0. The fourth-order valence-electron chi connectivity index (χ4n) is 1.10. The molecule has 0 aliphatic rings. The van der Waals surface area contributed by atoms with Gasteiger partial charge in [-0.3, -0.25) is 0 Å². The van der Waals surface area contributed by atoms with E-state index in [0.717, 1.165) is 0 Å². The van der Waals surface area contributed by atoms with E-state index in [4.69, 9.17) is 0 Å². The van der Waals surface area contributed by atoms with Crippen LogP contribution in [0.1, 0.15) is 34.6 Å². The van der Waals surface area contributed by atoms with Gasteiger partial charge in [0.2, 0.25) is 0 Å². The molecule has 0 N–H and O–H groups in total. The van der Waals surface area contributed by atoms with E-state index >= 15 is 0 Å². The summed E-state index contributed by atoms with van der Waals surface area (Å²) in [5.41, 5.74) is 5.22. The van der Waals surface area contributed by atoms with E-state index in [1.807, 2.05) is 13.0 Å². The molecule has 0 amide bonds. The maximum Gasteiger partial charge on any atom is -0.0202 e. The predicted molar refractivity (Wildman–Crippen MR) is 61.8 cm³/mol. The largest absolute Gasteiger partial charge is 0.0988 e. The molecule has 0 aromatic carbocycles. The minimum Gasteiger partial charge on any atom is -0.0988 e. The minimum absolute atomic E-state index is 1.23. The van der Waals surface area contributed by atoms with Gasteiger partial charge in [0.05, 0.1) is 0 Å². The fraction of sp³-hybridized carbons (Fsp3) is 0.385. The second-order valence-corrected chi connectivity index (χ2v) is 3.43. The van der Waals surface area contributed by atoms with Crippen molar-refractivity contribution in [2.45, 2.75) is 34.6 Å². The van der Waals surface area contributed by atoms with Crippen LogP contribution in [0, 0.1) is 0 Å². The van der Waals surface area contributed by atoms with Crippen molar-refractivity contribution in [2.24, 2.45) is 0 Å². The molecule has 0 rings (SSSR count). The van der Waals surface area contributed by atoms with Crippen LogP contribution in [-0.2, 0) is 0 Å². The molecular formula is C13H20. The lowest BCUT2D eigenvalue weighted by Gasteiger charge is -2.08. The highest BCUT2D eigenvalue weighted by Gasteiger charge is 2.00. The maximum absolute atomic E-state index is 3.79. The lowest BCUT2D eigenvalue weighted by molar-refractivity contribution is 1.23. The van der Waals surface area contributed by atoms with Crippen LogP contribution in [0.15, 0.2) is 47.1 Å². The van der Waals surface area contributed by atoms with Crippen LogP contribution in [0.25, 0.3) is 0 Å². The van der Waals surface area contributed by atoms with Gasteiger partial charge in [0.25, 0.3) is 0 Å². The van der Waals surface area contributed by atoms with Gasteiger partial charge in [-0.1, -0.05) is 30.4 Å². The van der Waals surface area contributed by atoms with Crippen LogP contribution in [0.4, 0.5) is 0 Å². The van der Waals surface area contributed by atoms with Crippen molar-refractivity contribution in [3.05, 3.63) is 47.1 Å². The standard InChI is InChI=1S/C13H20/c1-7-9-13(11(5)8-2)12(6)10(3)4/h7-9H,2H2,1,3-6H3/b9-7-,13-11+. The van der Waals surface area contributed by atoms with Gasteiger partial charge in [-0.15, -0.1) is 0 Å². The zero-order chi connectivity index (χ0) is 10.4. The third-order valence-electron chi connectivity index (χ3n) is 2.22. The van der Waals surface area contributed by atoms with Crippen molar-refractivity contribution in [2.75, 3.05) is 0 Å². The van der Waals surface area contributed by atoms with Gasteiger partial charge in [-0.25, -0.2) is 0 Å². The highest BCUT2D eigenvalue weighted by molar-refractivity contribution is 5.46. The summed E-state index contributed by atoms with van der Waals surface area (Å²) >= 11 is 0. The summed E-state index contributed by atoms with van der Waals surface area (Å²) in [5, 5.41) is 0. The van der Waals surface area contributed by atoms with Crippen molar-refractivity contribution >= 4 is 0 Å². The molecule has 0 saturated carbocycles. The molecule has 0 heterocycles. The Morgan fingerprint density at radius 1 is 1.08 bits per heavy atom. The molecule has 0 nitrogen and oxygen atoms in total. The number of rotatable bonds is 3. The van der Waals surface area contributed by atoms with E-state index < -0.39 is 0 Å². The molecule has 0 radical (unpaired) electrons. The van der Waals surface area contributed by atoms with Crippen molar-refractivity contribution in [1.82, 2.24) is 0 Å². The molecule has 0 aromatic heterocycles. The lowest BCUT2D eigenvalue weighted by atomic mass is 9.98. The smallest absolute Gasteiger partial charge is 0.0202 e. The number of hydrogen-bond acceptors (Lipinski definition) is 0. The first-order chi connectivity index (χ1) is 6.04. The first kappa shape index (κ1) is 12.0. The van der Waals surface area contributed by atoms with Crippen LogP contribution in [0.2, 0.25) is 0 Å². The first-order valence-corrected chi connectivity index (χ1v) is 4.65. The van der Waals surface area contributed by atoms with Crippen molar-refractivity contribution in [1.29, 1.82) is 0 Å². The van der Waals surface area contributed by atoms with Gasteiger partial charge < -0.3 is 0 Å². The number of hydrogen-bond donors (Lipinski definition) is 0. The molecular weight excluding hydrogens is 156 g/mol. The van der Waals surface area contributed by atoms with Crippen LogP contribution in [-0.4, -0.2) is 0 Å². The van der Waals surface area contributed by atoms with E-state index in [2.05, 4.69) is 46.4 Å². The van der Waals surface area contributed by atoms with E-state index in [-0.39, 0.29) is 0 Å². The molecule has 0 aliphatic carbocycles. The molecule has 0 bridgehead atoms. The highest BCUT2D eigenvalue weighted by Crippen LogP contribution is 2.19. The van der Waals surface area contributed by atoms with Gasteiger partial charge in [-0.2, -0.15) is 0 Å². The Hall–Kier alpha value is -1.04. The second kappa shape index (κ2) is 5.58. The van der Waals surface area contributed by atoms with Gasteiger partial charge in [0, 0.05) is 0 Å². The third-order valence-corrected chi connectivity index (χ3v) is 2.22. The Morgan fingerprint density at radius 2 is 1.62 bits per heavy atom. The first-order valence-electron chi connectivity index (χ1n) is 4.65. The third kappa shape index (κ3) is 3.45. The summed E-state index contributed by atoms with van der Waals surface area (Å²) in [6.45, 7) is 14.3. The van der Waals surface area contributed by atoms with Gasteiger partial charge in [0.15, 0.2) is 0 Å². The monoisotopic (exact) mass is 176 g/mol. The van der Waals surface area contributed by atoms with Gasteiger partial charge in [-0.05, 0) is 51.3 Å². The Morgan fingerprint density at radius 3 is 1.92 bits per heavy atom. The normalized spacial score (nSPS) is 12.7. The zero-order valence-electron chi connectivity index (χ0n) is 9.44. The van der Waals surface area contributed by atoms with Crippen molar-refractivity contribution in [3.63, 3.8) is 0 Å². The Kier molecular flexibility index (Phi) is 5.13. The Balaban J connectivity index is 5.30. The van der Waals surface area contributed by atoms with E-state index in [0.29, 0.717) is 0 Å². The number of allylic oxidation sites excluding steroid dienone is 7. The molecule has 72 valence electrons. The highest BCUT2D eigenvalue weighted by atomic mass is 14.1. The molecule has 0 aliphatic heterocycles. The van der Waals surface area contributed by atoms with E-state index in [1.54, 1.807) is 0 Å². The van der Waals surface area contributed by atoms with Crippen LogP contribution < -0.4 is 0 Å². The van der Waals surface area contributed by atoms with Crippen LogP contribution >= 0.6 is 0 Å². The van der Waals surface area contributed by atoms with Crippen molar-refractivity contribution in [3.8, 4) is 0 Å². The Labute approximate surface area is 82.4 Å². The zero-order valence-corrected chi connectivity index (χ0v) is 9.44. The average Bonchev–Trinajstić information content (AvgIpc) is 2.11. The maximum atomic E-state index is 3.79. The average molecular weight is 176 g/mol. The molecule has 0 saturated heterocycles. The molecule has 0 fully saturated rings. The topological polar surface area (TPSA) is 0 Å². The molecule has 0 spiro atoms. The van der Waals surface area contributed by atoms with Crippen LogP contribution in [0.3, 0.4) is 0 Å². The molecule has 13 heavy (non-hydrogen) atoms. The summed E-state index contributed by atoms with van der Waals surface area (Å²) in [4.78, 5) is 0. The molecule has 0 aromatic rings. The van der Waals surface area contributed by atoms with E-state index in [1.165, 1.54) is 22.3 Å². The molecule has 0 unspecified atom stereocenters. The molecule has 0 atom stereocenters. The summed E-state index contributed by atoms with van der Waals surface area (Å²) in [6, 6.07) is 0. The minimum atomic E-state index is 1.23. The predicted octanol–water partition coefficient (Wildman–Crippen LogP) is 4.42. The second-order valence-electron chi connectivity index (χ2n) is 3.43. The van der Waals surface area contributed by atoms with E-state index in [9.17, 15) is 0 Å². The summed E-state index contributed by atoms with van der Waals surface area (Å²) in [6.07, 6.45) is 6.11. The molecule has 0 heteroatoms. The quantitative estimate of drug-likeness (QED) is 0.558. The van der Waals surface area contributed by atoms with Crippen molar-refractivity contribution < 1.29 is 0 Å². The Bertz CT molecular complexity index is 268. The summed E-state index contributed by atoms with van der Waals surface area (Å²) < 4.78 is 0. The lowest BCUT2D eigenvalue weighted by Crippen LogP contribution is -1.88. The van der Waals surface area contributed by atoms with Crippen LogP contribution in [0.5, 0.6) is 0 Å².